The summed E-state index contributed by atoms with van der Waals surface area (Å²) < 4.78 is 0. The van der Waals surface area contributed by atoms with E-state index >= 15 is 0 Å². The van der Waals surface area contributed by atoms with Crippen molar-refractivity contribution in [2.24, 2.45) is 5.92 Å². The fraction of sp³-hybridized carbons (Fsp3) is 0.556. The second kappa shape index (κ2) is 9.04. The molecule has 2 amide bonds. The molecular weight excluding hydrogens is 326 g/mol. The van der Waals surface area contributed by atoms with E-state index in [2.05, 4.69) is 16.0 Å². The van der Waals surface area contributed by atoms with Crippen LogP contribution in [-0.4, -0.2) is 37.0 Å². The Kier molecular flexibility index (Phi) is 7.06. The molecule has 0 aliphatic carbocycles. The van der Waals surface area contributed by atoms with Crippen molar-refractivity contribution in [3.63, 3.8) is 0 Å². The van der Waals surface area contributed by atoms with Gasteiger partial charge in [0, 0.05) is 23.2 Å². The van der Waals surface area contributed by atoms with Crippen LogP contribution >= 0.6 is 11.6 Å². The quantitative estimate of drug-likeness (QED) is 0.706. The highest BCUT2D eigenvalue weighted by Crippen LogP contribution is 2.12. The highest BCUT2D eigenvalue weighted by Gasteiger charge is 2.27. The average Bonchev–Trinajstić information content (AvgIpc) is 3.10. The van der Waals surface area contributed by atoms with Gasteiger partial charge in [0.15, 0.2) is 0 Å². The number of carbonyl (C=O) groups excluding carboxylic acids is 2. The van der Waals surface area contributed by atoms with Crippen molar-refractivity contribution < 1.29 is 9.59 Å². The first-order chi connectivity index (χ1) is 11.5. The number of amides is 2. The van der Waals surface area contributed by atoms with Gasteiger partial charge in [-0.3, -0.25) is 9.59 Å². The summed E-state index contributed by atoms with van der Waals surface area (Å²) >= 11 is 5.85. The van der Waals surface area contributed by atoms with E-state index < -0.39 is 6.04 Å². The normalized spacial score (nSPS) is 19.5. The average molecular weight is 352 g/mol. The zero-order valence-corrected chi connectivity index (χ0v) is 15.0. The lowest BCUT2D eigenvalue weighted by Crippen LogP contribution is -2.52. The predicted molar refractivity (Wildman–Crippen MR) is 96.2 cm³/mol. The molecule has 1 saturated heterocycles. The molecule has 1 aliphatic heterocycles. The largest absolute Gasteiger partial charge is 0.353 e. The molecule has 3 atom stereocenters. The molecule has 0 radical (unpaired) electrons. The number of hydrogen-bond acceptors (Lipinski definition) is 3. The van der Waals surface area contributed by atoms with Gasteiger partial charge in [-0.15, -0.1) is 0 Å². The lowest BCUT2D eigenvalue weighted by molar-refractivity contribution is -0.124. The Morgan fingerprint density at radius 2 is 2.04 bits per heavy atom. The van der Waals surface area contributed by atoms with Gasteiger partial charge in [-0.2, -0.15) is 0 Å². The van der Waals surface area contributed by atoms with Crippen LogP contribution in [0.1, 0.15) is 43.5 Å². The molecule has 0 spiro atoms. The number of carbonyl (C=O) groups is 2. The van der Waals surface area contributed by atoms with Gasteiger partial charge in [0.25, 0.3) is 5.91 Å². The molecule has 0 saturated carbocycles. The summed E-state index contributed by atoms with van der Waals surface area (Å²) in [6, 6.07) is 6.44. The lowest BCUT2D eigenvalue weighted by atomic mass is 9.97. The van der Waals surface area contributed by atoms with Crippen LogP contribution in [0.3, 0.4) is 0 Å². The molecule has 2 rings (SSSR count). The Morgan fingerprint density at radius 1 is 1.33 bits per heavy atom. The molecule has 5 nitrogen and oxygen atoms in total. The molecule has 0 bridgehead atoms. The molecule has 1 aliphatic rings. The summed E-state index contributed by atoms with van der Waals surface area (Å²) in [5.74, 6) is -0.329. The summed E-state index contributed by atoms with van der Waals surface area (Å²) in [5, 5.41) is 9.76. The van der Waals surface area contributed by atoms with Crippen molar-refractivity contribution in [1.82, 2.24) is 16.0 Å². The molecule has 1 aromatic carbocycles. The molecule has 1 fully saturated rings. The minimum Gasteiger partial charge on any atom is -0.353 e. The van der Waals surface area contributed by atoms with Crippen molar-refractivity contribution >= 4 is 23.4 Å². The minimum atomic E-state index is -0.542. The number of halogens is 1. The van der Waals surface area contributed by atoms with E-state index in [1.165, 1.54) is 0 Å². The monoisotopic (exact) mass is 351 g/mol. The first kappa shape index (κ1) is 18.7. The highest BCUT2D eigenvalue weighted by molar-refractivity contribution is 6.30. The Hall–Kier alpha value is -1.59. The zero-order valence-electron chi connectivity index (χ0n) is 14.3. The van der Waals surface area contributed by atoms with Crippen LogP contribution in [0.5, 0.6) is 0 Å². The van der Waals surface area contributed by atoms with E-state index in [0.717, 1.165) is 25.8 Å². The third kappa shape index (κ3) is 5.21. The van der Waals surface area contributed by atoms with Gasteiger partial charge in [-0.1, -0.05) is 31.9 Å². The lowest BCUT2D eigenvalue weighted by Gasteiger charge is -2.24. The molecule has 1 heterocycles. The molecule has 132 valence electrons. The third-order valence-electron chi connectivity index (χ3n) is 4.57. The smallest absolute Gasteiger partial charge is 0.251 e. The van der Waals surface area contributed by atoms with Gasteiger partial charge >= 0.3 is 0 Å². The van der Waals surface area contributed by atoms with Gasteiger partial charge in [-0.05, 0) is 49.6 Å². The molecule has 24 heavy (non-hydrogen) atoms. The van der Waals surface area contributed by atoms with Gasteiger partial charge in [-0.25, -0.2) is 0 Å². The molecular formula is C18H26ClN3O2. The van der Waals surface area contributed by atoms with Gasteiger partial charge in [0.2, 0.25) is 5.91 Å². The third-order valence-corrected chi connectivity index (χ3v) is 4.83. The molecule has 0 aromatic heterocycles. The van der Waals surface area contributed by atoms with Crippen LogP contribution in [-0.2, 0) is 4.79 Å². The first-order valence-corrected chi connectivity index (χ1v) is 8.96. The van der Waals surface area contributed by atoms with Crippen molar-refractivity contribution in [3.8, 4) is 0 Å². The maximum atomic E-state index is 12.5. The fourth-order valence-electron chi connectivity index (χ4n) is 2.79. The Morgan fingerprint density at radius 3 is 2.62 bits per heavy atom. The summed E-state index contributed by atoms with van der Waals surface area (Å²) in [4.78, 5) is 25.0. The first-order valence-electron chi connectivity index (χ1n) is 8.58. The number of hydrogen-bond donors (Lipinski definition) is 3. The Bertz CT molecular complexity index is 556. The van der Waals surface area contributed by atoms with Crippen LogP contribution in [0.15, 0.2) is 24.3 Å². The Labute approximate surface area is 148 Å². The SMILES string of the molecule is CCC(C)C(NC(=O)c1ccc(Cl)cc1)C(=O)NCC1CCCN1. The van der Waals surface area contributed by atoms with Crippen molar-refractivity contribution in [1.29, 1.82) is 0 Å². The molecule has 6 heteroatoms. The Balaban J connectivity index is 1.97. The van der Waals surface area contributed by atoms with Crippen molar-refractivity contribution in [2.45, 2.75) is 45.2 Å². The van der Waals surface area contributed by atoms with Crippen molar-refractivity contribution in [3.05, 3.63) is 34.9 Å². The standard InChI is InChI=1S/C18H26ClN3O2/c1-3-12(2)16(18(24)21-11-15-5-4-10-20-15)22-17(23)13-6-8-14(19)9-7-13/h6-9,12,15-16,20H,3-5,10-11H2,1-2H3,(H,21,24)(H,22,23). The highest BCUT2D eigenvalue weighted by atomic mass is 35.5. The van der Waals surface area contributed by atoms with E-state index in [9.17, 15) is 9.59 Å². The second-order valence-corrected chi connectivity index (χ2v) is 6.82. The van der Waals surface area contributed by atoms with Crippen molar-refractivity contribution in [2.75, 3.05) is 13.1 Å². The molecule has 1 aromatic rings. The van der Waals surface area contributed by atoms with Crippen LogP contribution in [0.25, 0.3) is 0 Å². The van der Waals surface area contributed by atoms with Crippen LogP contribution in [0.2, 0.25) is 5.02 Å². The number of rotatable bonds is 7. The second-order valence-electron chi connectivity index (χ2n) is 6.38. The summed E-state index contributed by atoms with van der Waals surface area (Å²) in [5.41, 5.74) is 0.498. The van der Waals surface area contributed by atoms with Gasteiger partial charge in [0.05, 0.1) is 0 Å². The fourth-order valence-corrected chi connectivity index (χ4v) is 2.92. The van der Waals surface area contributed by atoms with E-state index in [1.807, 2.05) is 13.8 Å². The maximum absolute atomic E-state index is 12.5. The minimum absolute atomic E-state index is 0.0535. The summed E-state index contributed by atoms with van der Waals surface area (Å²) in [6.45, 7) is 5.59. The number of nitrogens with one attached hydrogen (secondary N) is 3. The van der Waals surface area contributed by atoms with Gasteiger partial charge in [0.1, 0.15) is 6.04 Å². The topological polar surface area (TPSA) is 70.2 Å². The van der Waals surface area contributed by atoms with Crippen LogP contribution in [0.4, 0.5) is 0 Å². The summed E-state index contributed by atoms with van der Waals surface area (Å²) in [7, 11) is 0. The van der Waals surface area contributed by atoms with E-state index in [4.69, 9.17) is 11.6 Å². The van der Waals surface area contributed by atoms with Crippen LogP contribution in [0, 0.1) is 5.92 Å². The van der Waals surface area contributed by atoms with Gasteiger partial charge < -0.3 is 16.0 Å². The van der Waals surface area contributed by atoms with E-state index in [0.29, 0.717) is 23.2 Å². The number of benzene rings is 1. The summed E-state index contributed by atoms with van der Waals surface area (Å²) in [6.07, 6.45) is 3.02. The predicted octanol–water partition coefficient (Wildman–Crippen LogP) is 2.35. The maximum Gasteiger partial charge on any atom is 0.251 e. The molecule has 3 N–H and O–H groups in total. The van der Waals surface area contributed by atoms with E-state index in [1.54, 1.807) is 24.3 Å². The zero-order chi connectivity index (χ0) is 17.5. The van der Waals surface area contributed by atoms with Crippen LogP contribution < -0.4 is 16.0 Å². The van der Waals surface area contributed by atoms with E-state index in [-0.39, 0.29) is 17.7 Å². The molecule has 3 unspecified atom stereocenters.